The van der Waals surface area contributed by atoms with Crippen molar-refractivity contribution in [3.8, 4) is 0 Å². The van der Waals surface area contributed by atoms with Crippen molar-refractivity contribution in [3.05, 3.63) is 11.1 Å². The van der Waals surface area contributed by atoms with Crippen LogP contribution in [0.1, 0.15) is 33.6 Å². The van der Waals surface area contributed by atoms with Gasteiger partial charge in [0.05, 0.1) is 0 Å². The highest BCUT2D eigenvalue weighted by Crippen LogP contribution is 2.25. The van der Waals surface area contributed by atoms with E-state index >= 15 is 0 Å². The minimum Gasteiger partial charge on any atom is -0.478 e. The fourth-order valence-electron chi connectivity index (χ4n) is 1.95. The Bertz CT molecular complexity index is 453. The second-order valence-corrected chi connectivity index (χ2v) is 6.42. The summed E-state index contributed by atoms with van der Waals surface area (Å²) in [5, 5.41) is 7.94. The van der Waals surface area contributed by atoms with Gasteiger partial charge in [-0.15, -0.1) is 0 Å². The van der Waals surface area contributed by atoms with E-state index in [-0.39, 0.29) is 17.6 Å². The number of carboxylic acid groups (broad SMARTS) is 1. The second-order valence-electron chi connectivity index (χ2n) is 4.82. The van der Waals surface area contributed by atoms with Crippen molar-refractivity contribution in [2.45, 2.75) is 44.9 Å². The van der Waals surface area contributed by atoms with Crippen LogP contribution in [0, 0.1) is 0 Å². The van der Waals surface area contributed by atoms with Crippen LogP contribution in [0.2, 0.25) is 0 Å². The van der Waals surface area contributed by atoms with Crippen LogP contribution in [0.3, 0.4) is 0 Å². The molecule has 0 rings (SSSR count). The highest BCUT2D eigenvalue weighted by molar-refractivity contribution is 7.86. The van der Waals surface area contributed by atoms with Gasteiger partial charge in [-0.3, -0.25) is 4.55 Å². The lowest BCUT2D eigenvalue weighted by atomic mass is 9.95. The van der Waals surface area contributed by atoms with E-state index in [1.807, 2.05) is 0 Å². The minimum absolute atomic E-state index is 0.0303. The molecule has 112 valence electrons. The van der Waals surface area contributed by atoms with Gasteiger partial charge in [-0.25, -0.2) is 4.79 Å². The molecule has 6 nitrogen and oxygen atoms in total. The van der Waals surface area contributed by atoms with Crippen LogP contribution < -0.4 is 0 Å². The zero-order valence-electron chi connectivity index (χ0n) is 12.0. The maximum absolute atomic E-state index is 11.5. The van der Waals surface area contributed by atoms with E-state index < -0.39 is 27.4 Å². The lowest BCUT2D eigenvalue weighted by molar-refractivity contribution is -0.132. The number of hydrogen-bond acceptors (Lipinski definition) is 4. The average Bonchev–Trinajstić information content (AvgIpc) is 2.26. The Balaban J connectivity index is 5.97. The SMILES string of the molecule is CCCC(/C(=C(\C)C(=O)O)C(C)N(C)C)S(=O)(=O)O. The molecule has 2 atom stereocenters. The Kier molecular flexibility index (Phi) is 6.68. The average molecular weight is 293 g/mol. The van der Waals surface area contributed by atoms with Crippen molar-refractivity contribution in [2.24, 2.45) is 0 Å². The predicted molar refractivity (Wildman–Crippen MR) is 73.7 cm³/mol. The third-order valence-corrected chi connectivity index (χ3v) is 4.44. The number of nitrogens with zero attached hydrogens (tertiary/aromatic N) is 1. The first-order chi connectivity index (χ1) is 8.53. The smallest absolute Gasteiger partial charge is 0.331 e. The van der Waals surface area contributed by atoms with E-state index in [1.165, 1.54) is 6.92 Å². The van der Waals surface area contributed by atoms with Gasteiger partial charge in [0.1, 0.15) is 5.25 Å². The van der Waals surface area contributed by atoms with Gasteiger partial charge in [-0.2, -0.15) is 8.42 Å². The lowest BCUT2D eigenvalue weighted by Crippen LogP contribution is -2.37. The number of aliphatic carboxylic acids is 1. The van der Waals surface area contributed by atoms with Gasteiger partial charge in [0.15, 0.2) is 0 Å². The Hall–Kier alpha value is -0.920. The molecule has 0 saturated heterocycles. The molecule has 7 heteroatoms. The van der Waals surface area contributed by atoms with Crippen LogP contribution in [0.25, 0.3) is 0 Å². The van der Waals surface area contributed by atoms with Crippen LogP contribution >= 0.6 is 0 Å². The topological polar surface area (TPSA) is 94.9 Å². The minimum atomic E-state index is -4.33. The standard InChI is InChI=1S/C12H23NO5S/c1-6-7-10(19(16,17)18)11(8(2)12(14)15)9(3)13(4)5/h9-10H,6-7H2,1-5H3,(H,14,15)(H,16,17,18)/b11-8+. The zero-order valence-corrected chi connectivity index (χ0v) is 12.9. The van der Waals surface area contributed by atoms with Crippen molar-refractivity contribution in [1.82, 2.24) is 4.90 Å². The van der Waals surface area contributed by atoms with Gasteiger partial charge in [0, 0.05) is 11.6 Å². The summed E-state index contributed by atoms with van der Waals surface area (Å²) >= 11 is 0. The van der Waals surface area contributed by atoms with Crippen LogP contribution in [-0.2, 0) is 14.9 Å². The molecule has 0 aliphatic rings. The molecule has 0 aromatic heterocycles. The maximum atomic E-state index is 11.5. The molecule has 19 heavy (non-hydrogen) atoms. The molecule has 0 amide bonds. The van der Waals surface area contributed by atoms with E-state index in [0.29, 0.717) is 6.42 Å². The molecule has 0 bridgehead atoms. The maximum Gasteiger partial charge on any atom is 0.331 e. The van der Waals surface area contributed by atoms with Gasteiger partial charge >= 0.3 is 5.97 Å². The summed E-state index contributed by atoms with van der Waals surface area (Å²) in [5.74, 6) is -1.17. The third-order valence-electron chi connectivity index (χ3n) is 3.24. The summed E-state index contributed by atoms with van der Waals surface area (Å²) in [6.07, 6.45) is 0.720. The molecule has 2 unspecified atom stereocenters. The Morgan fingerprint density at radius 1 is 1.32 bits per heavy atom. The van der Waals surface area contributed by atoms with E-state index in [9.17, 15) is 17.8 Å². The Labute approximate surface area is 114 Å². The van der Waals surface area contributed by atoms with Gasteiger partial charge in [0.25, 0.3) is 10.1 Å². The molecule has 0 radical (unpaired) electrons. The largest absolute Gasteiger partial charge is 0.478 e. The van der Waals surface area contributed by atoms with Gasteiger partial charge in [0.2, 0.25) is 0 Å². The molecule has 0 heterocycles. The van der Waals surface area contributed by atoms with E-state index in [4.69, 9.17) is 5.11 Å². The summed E-state index contributed by atoms with van der Waals surface area (Å²) in [6.45, 7) is 4.87. The number of rotatable bonds is 7. The van der Waals surface area contributed by atoms with Crippen LogP contribution in [-0.4, -0.2) is 54.3 Å². The van der Waals surface area contributed by atoms with E-state index in [0.717, 1.165) is 0 Å². The van der Waals surface area contributed by atoms with Crippen molar-refractivity contribution < 1.29 is 22.9 Å². The monoisotopic (exact) mass is 293 g/mol. The fraction of sp³-hybridized carbons (Fsp3) is 0.750. The molecular formula is C12H23NO5S. The summed E-state index contributed by atoms with van der Waals surface area (Å²) in [7, 11) is -0.873. The molecule has 0 saturated carbocycles. The van der Waals surface area contributed by atoms with Crippen molar-refractivity contribution in [2.75, 3.05) is 14.1 Å². The molecule has 2 N–H and O–H groups in total. The highest BCUT2D eigenvalue weighted by atomic mass is 32.2. The van der Waals surface area contributed by atoms with E-state index in [2.05, 4.69) is 0 Å². The molecular weight excluding hydrogens is 270 g/mol. The highest BCUT2D eigenvalue weighted by Gasteiger charge is 2.33. The van der Waals surface area contributed by atoms with Crippen molar-refractivity contribution in [3.63, 3.8) is 0 Å². The third kappa shape index (κ3) is 4.93. The van der Waals surface area contributed by atoms with E-state index in [1.54, 1.807) is 32.8 Å². The summed E-state index contributed by atoms with van der Waals surface area (Å²) in [6, 6.07) is -0.394. The number of hydrogen-bond donors (Lipinski definition) is 2. The van der Waals surface area contributed by atoms with Crippen molar-refractivity contribution in [1.29, 1.82) is 0 Å². The molecule has 0 aliphatic heterocycles. The van der Waals surface area contributed by atoms with Gasteiger partial charge < -0.3 is 10.0 Å². The fourth-order valence-corrected chi connectivity index (χ4v) is 3.18. The quantitative estimate of drug-likeness (QED) is 0.544. The summed E-state index contributed by atoms with van der Waals surface area (Å²) in [4.78, 5) is 12.9. The summed E-state index contributed by atoms with van der Waals surface area (Å²) in [5.41, 5.74) is 0.208. The number of carboxylic acids is 1. The normalized spacial score (nSPS) is 17.0. The van der Waals surface area contributed by atoms with Crippen LogP contribution in [0.15, 0.2) is 11.1 Å². The van der Waals surface area contributed by atoms with Crippen LogP contribution in [0.5, 0.6) is 0 Å². The first-order valence-electron chi connectivity index (χ1n) is 6.10. The molecule has 0 spiro atoms. The lowest BCUT2D eigenvalue weighted by Gasteiger charge is -2.29. The Morgan fingerprint density at radius 3 is 2.05 bits per heavy atom. The molecule has 0 aliphatic carbocycles. The second kappa shape index (κ2) is 7.02. The predicted octanol–water partition coefficient (Wildman–Crippen LogP) is 1.39. The van der Waals surface area contributed by atoms with Crippen molar-refractivity contribution >= 4 is 16.1 Å². The number of likely N-dealkylation sites (N-methyl/N-ethyl adjacent to an activating group) is 1. The first kappa shape index (κ1) is 18.1. The molecule has 0 aromatic rings. The molecule has 0 fully saturated rings. The molecule has 0 aromatic carbocycles. The zero-order chi connectivity index (χ0) is 15.4. The summed E-state index contributed by atoms with van der Waals surface area (Å²) < 4.78 is 32.4. The van der Waals surface area contributed by atoms with Gasteiger partial charge in [-0.1, -0.05) is 13.3 Å². The van der Waals surface area contributed by atoms with Gasteiger partial charge in [-0.05, 0) is 39.9 Å². The Morgan fingerprint density at radius 2 is 1.79 bits per heavy atom. The van der Waals surface area contributed by atoms with Crippen LogP contribution in [0.4, 0.5) is 0 Å². The first-order valence-corrected chi connectivity index (χ1v) is 7.61. The number of carbonyl (C=O) groups is 1.